The van der Waals surface area contributed by atoms with Crippen molar-refractivity contribution in [1.82, 2.24) is 0 Å². The third-order valence-electron chi connectivity index (χ3n) is 2.56. The van der Waals surface area contributed by atoms with Crippen molar-refractivity contribution in [2.75, 3.05) is 5.32 Å². The highest BCUT2D eigenvalue weighted by molar-refractivity contribution is 6.36. The van der Waals surface area contributed by atoms with Gasteiger partial charge < -0.3 is 5.32 Å². The molecular formula is C14H10Cl2FNO. The monoisotopic (exact) mass is 297 g/mol. The number of nitrogens with one attached hydrogen (secondary N) is 1. The average molecular weight is 298 g/mol. The molecule has 2 rings (SSSR count). The number of carbonyl (C=O) groups excluding carboxylic acids is 1. The topological polar surface area (TPSA) is 29.1 Å². The van der Waals surface area contributed by atoms with E-state index in [9.17, 15) is 9.18 Å². The van der Waals surface area contributed by atoms with E-state index in [-0.39, 0.29) is 10.6 Å². The van der Waals surface area contributed by atoms with Crippen molar-refractivity contribution >= 4 is 34.8 Å². The third kappa shape index (κ3) is 3.06. The summed E-state index contributed by atoms with van der Waals surface area (Å²) < 4.78 is 13.6. The van der Waals surface area contributed by atoms with Gasteiger partial charge in [-0.15, -0.1) is 0 Å². The Kier molecular flexibility index (Phi) is 4.08. The number of aryl methyl sites for hydroxylation is 1. The molecule has 0 spiro atoms. The van der Waals surface area contributed by atoms with Gasteiger partial charge in [-0.3, -0.25) is 4.79 Å². The average Bonchev–Trinajstić information content (AvgIpc) is 2.32. The van der Waals surface area contributed by atoms with E-state index in [0.29, 0.717) is 10.7 Å². The van der Waals surface area contributed by atoms with Gasteiger partial charge in [0.1, 0.15) is 5.82 Å². The fraction of sp³-hybridized carbons (Fsp3) is 0.0714. The molecule has 0 atom stereocenters. The number of carbonyl (C=O) groups is 1. The Morgan fingerprint density at radius 1 is 1.16 bits per heavy atom. The van der Waals surface area contributed by atoms with Gasteiger partial charge in [-0.1, -0.05) is 35.3 Å². The molecule has 0 heterocycles. The molecule has 5 heteroatoms. The molecule has 0 saturated carbocycles. The first kappa shape index (κ1) is 13.8. The van der Waals surface area contributed by atoms with Gasteiger partial charge in [0.05, 0.1) is 21.3 Å². The minimum atomic E-state index is -0.673. The van der Waals surface area contributed by atoms with Crippen molar-refractivity contribution in [3.8, 4) is 0 Å². The summed E-state index contributed by atoms with van der Waals surface area (Å²) in [5, 5.41) is 2.99. The van der Waals surface area contributed by atoms with Crippen molar-refractivity contribution in [2.24, 2.45) is 0 Å². The van der Waals surface area contributed by atoms with Crippen LogP contribution in [0.25, 0.3) is 0 Å². The zero-order valence-corrected chi connectivity index (χ0v) is 11.5. The van der Waals surface area contributed by atoms with Crippen molar-refractivity contribution in [1.29, 1.82) is 0 Å². The number of amides is 1. The highest BCUT2D eigenvalue weighted by Crippen LogP contribution is 2.25. The summed E-state index contributed by atoms with van der Waals surface area (Å²) >= 11 is 11.8. The molecule has 0 bridgehead atoms. The maximum Gasteiger partial charge on any atom is 0.260 e. The summed E-state index contributed by atoms with van der Waals surface area (Å²) in [6.45, 7) is 1.88. The molecule has 1 amide bonds. The van der Waals surface area contributed by atoms with Gasteiger partial charge >= 0.3 is 0 Å². The molecule has 2 nitrogen and oxygen atoms in total. The van der Waals surface area contributed by atoms with Crippen LogP contribution in [-0.2, 0) is 0 Å². The Bertz CT molecular complexity index is 623. The van der Waals surface area contributed by atoms with Gasteiger partial charge in [0.2, 0.25) is 0 Å². The summed E-state index contributed by atoms with van der Waals surface area (Å²) in [6.07, 6.45) is 0. The van der Waals surface area contributed by atoms with Gasteiger partial charge in [-0.05, 0) is 36.8 Å². The molecule has 2 aromatic rings. The molecule has 0 aliphatic carbocycles. The molecule has 0 aromatic heterocycles. The van der Waals surface area contributed by atoms with Crippen LogP contribution in [0.15, 0.2) is 36.4 Å². The van der Waals surface area contributed by atoms with Crippen molar-refractivity contribution in [3.05, 3.63) is 63.4 Å². The molecular weight excluding hydrogens is 288 g/mol. The minimum Gasteiger partial charge on any atom is -0.320 e. The second kappa shape index (κ2) is 5.59. The van der Waals surface area contributed by atoms with Gasteiger partial charge in [0.15, 0.2) is 0 Å². The van der Waals surface area contributed by atoms with Crippen molar-refractivity contribution < 1.29 is 9.18 Å². The van der Waals surface area contributed by atoms with Gasteiger partial charge in [-0.2, -0.15) is 0 Å². The molecule has 0 unspecified atom stereocenters. The first-order valence-corrected chi connectivity index (χ1v) is 6.26. The lowest BCUT2D eigenvalue weighted by Gasteiger charge is -2.09. The standard InChI is InChI=1S/C14H10Cl2FNO/c1-8-5-6-12(10(16)7-8)18-14(19)13-9(15)3-2-4-11(13)17/h2-7H,1H3,(H,18,19). The molecule has 19 heavy (non-hydrogen) atoms. The van der Waals surface area contributed by atoms with E-state index >= 15 is 0 Å². The van der Waals surface area contributed by atoms with E-state index in [1.807, 2.05) is 6.92 Å². The van der Waals surface area contributed by atoms with Crippen LogP contribution < -0.4 is 5.32 Å². The Labute approximate surface area is 120 Å². The Morgan fingerprint density at radius 2 is 1.89 bits per heavy atom. The number of benzene rings is 2. The van der Waals surface area contributed by atoms with Crippen LogP contribution in [-0.4, -0.2) is 5.91 Å². The van der Waals surface area contributed by atoms with Crippen LogP contribution in [0.3, 0.4) is 0 Å². The molecule has 0 aliphatic heterocycles. The summed E-state index contributed by atoms with van der Waals surface area (Å²) in [6, 6.07) is 9.23. The SMILES string of the molecule is Cc1ccc(NC(=O)c2c(F)cccc2Cl)c(Cl)c1. The van der Waals surface area contributed by atoms with E-state index in [1.165, 1.54) is 18.2 Å². The largest absolute Gasteiger partial charge is 0.320 e. The first-order chi connectivity index (χ1) is 8.99. The zero-order valence-electron chi connectivity index (χ0n) is 10.0. The highest BCUT2D eigenvalue weighted by atomic mass is 35.5. The second-order valence-corrected chi connectivity index (χ2v) is 4.85. The van der Waals surface area contributed by atoms with Crippen LogP contribution in [0.4, 0.5) is 10.1 Å². The number of hydrogen-bond donors (Lipinski definition) is 1. The fourth-order valence-corrected chi connectivity index (χ4v) is 2.15. The Balaban J connectivity index is 2.31. The van der Waals surface area contributed by atoms with Crippen LogP contribution in [0.1, 0.15) is 15.9 Å². The molecule has 1 N–H and O–H groups in total. The fourth-order valence-electron chi connectivity index (χ4n) is 1.62. The van der Waals surface area contributed by atoms with Gasteiger partial charge in [0.25, 0.3) is 5.91 Å². The van der Waals surface area contributed by atoms with Gasteiger partial charge in [0, 0.05) is 0 Å². The summed E-state index contributed by atoms with van der Waals surface area (Å²) in [4.78, 5) is 12.0. The van der Waals surface area contributed by atoms with Crippen LogP contribution in [0, 0.1) is 12.7 Å². The minimum absolute atomic E-state index is 0.0562. The lowest BCUT2D eigenvalue weighted by molar-refractivity contribution is 0.102. The van der Waals surface area contributed by atoms with Gasteiger partial charge in [-0.25, -0.2) is 4.39 Å². The maximum absolute atomic E-state index is 13.6. The smallest absolute Gasteiger partial charge is 0.260 e. The predicted octanol–water partition coefficient (Wildman–Crippen LogP) is 4.69. The lowest BCUT2D eigenvalue weighted by Crippen LogP contribution is -2.14. The molecule has 98 valence electrons. The molecule has 0 fully saturated rings. The molecule has 0 radical (unpaired) electrons. The highest BCUT2D eigenvalue weighted by Gasteiger charge is 2.16. The molecule has 0 aliphatic rings. The maximum atomic E-state index is 13.6. The second-order valence-electron chi connectivity index (χ2n) is 4.03. The van der Waals surface area contributed by atoms with E-state index in [2.05, 4.69) is 5.32 Å². The number of rotatable bonds is 2. The summed E-state index contributed by atoms with van der Waals surface area (Å²) in [5.74, 6) is -1.30. The van der Waals surface area contributed by atoms with E-state index in [1.54, 1.807) is 18.2 Å². The van der Waals surface area contributed by atoms with E-state index in [4.69, 9.17) is 23.2 Å². The molecule has 0 saturated heterocycles. The van der Waals surface area contributed by atoms with E-state index in [0.717, 1.165) is 5.56 Å². The number of anilines is 1. The Hall–Kier alpha value is -1.58. The van der Waals surface area contributed by atoms with Crippen molar-refractivity contribution in [3.63, 3.8) is 0 Å². The van der Waals surface area contributed by atoms with Crippen LogP contribution >= 0.6 is 23.2 Å². The third-order valence-corrected chi connectivity index (χ3v) is 3.19. The Morgan fingerprint density at radius 3 is 2.53 bits per heavy atom. The first-order valence-electron chi connectivity index (χ1n) is 5.50. The van der Waals surface area contributed by atoms with Crippen LogP contribution in [0.2, 0.25) is 10.0 Å². The zero-order chi connectivity index (χ0) is 14.0. The summed E-state index contributed by atoms with van der Waals surface area (Å²) in [5.41, 5.74) is 1.18. The summed E-state index contributed by atoms with van der Waals surface area (Å²) in [7, 11) is 0. The van der Waals surface area contributed by atoms with Crippen LogP contribution in [0.5, 0.6) is 0 Å². The molecule has 2 aromatic carbocycles. The number of halogens is 3. The predicted molar refractivity (Wildman–Crippen MR) is 75.6 cm³/mol. The lowest BCUT2D eigenvalue weighted by atomic mass is 10.1. The number of hydrogen-bond acceptors (Lipinski definition) is 1. The normalized spacial score (nSPS) is 10.3. The quantitative estimate of drug-likeness (QED) is 0.856. The van der Waals surface area contributed by atoms with E-state index < -0.39 is 11.7 Å². The van der Waals surface area contributed by atoms with Crippen molar-refractivity contribution in [2.45, 2.75) is 6.92 Å².